The van der Waals surface area contributed by atoms with Crippen molar-refractivity contribution in [2.24, 2.45) is 4.99 Å². The number of aliphatic imine (C=N–C) groups is 1. The van der Waals surface area contributed by atoms with Gasteiger partial charge in [-0.15, -0.1) is 24.0 Å². The molecule has 1 aliphatic heterocycles. The highest BCUT2D eigenvalue weighted by Gasteiger charge is 2.23. The molecular weight excluding hydrogens is 489 g/mol. The number of amides is 1. The number of guanidine groups is 1. The molecule has 0 spiro atoms. The molecule has 3 rings (SSSR count). The predicted molar refractivity (Wildman–Crippen MR) is 135 cm³/mol. The van der Waals surface area contributed by atoms with Crippen LogP contribution in [0.25, 0.3) is 0 Å². The zero-order valence-electron chi connectivity index (χ0n) is 17.7. The molecular formula is C23H32IN5O. The van der Waals surface area contributed by atoms with Crippen LogP contribution in [0.2, 0.25) is 0 Å². The Bertz CT molecular complexity index is 827. The van der Waals surface area contributed by atoms with E-state index >= 15 is 0 Å². The molecule has 3 N–H and O–H groups in total. The van der Waals surface area contributed by atoms with E-state index in [4.69, 9.17) is 0 Å². The SMILES string of the molecule is CCNC(=NCCNC(=O)c1cccc(C)c1)NC1CCN(c2ccccc2)C1.I. The van der Waals surface area contributed by atoms with E-state index in [1.807, 2.05) is 37.3 Å². The van der Waals surface area contributed by atoms with Gasteiger partial charge in [-0.3, -0.25) is 9.79 Å². The molecule has 1 heterocycles. The van der Waals surface area contributed by atoms with Gasteiger partial charge in [-0.05, 0) is 44.5 Å². The second kappa shape index (κ2) is 12.4. The van der Waals surface area contributed by atoms with Crippen molar-refractivity contribution in [3.05, 3.63) is 65.7 Å². The molecule has 0 aromatic heterocycles. The first kappa shape index (κ1) is 24.0. The van der Waals surface area contributed by atoms with Gasteiger partial charge < -0.3 is 20.9 Å². The van der Waals surface area contributed by atoms with Gasteiger partial charge in [0.1, 0.15) is 0 Å². The molecule has 2 aromatic rings. The molecule has 0 radical (unpaired) electrons. The molecule has 0 saturated carbocycles. The zero-order chi connectivity index (χ0) is 20.5. The van der Waals surface area contributed by atoms with Crippen molar-refractivity contribution in [2.45, 2.75) is 26.3 Å². The quantitative estimate of drug-likeness (QED) is 0.227. The van der Waals surface area contributed by atoms with Crippen LogP contribution in [0.4, 0.5) is 5.69 Å². The normalized spacial score (nSPS) is 16.0. The maximum Gasteiger partial charge on any atom is 0.251 e. The Morgan fingerprint density at radius 3 is 2.67 bits per heavy atom. The molecule has 0 aliphatic carbocycles. The van der Waals surface area contributed by atoms with Crippen molar-refractivity contribution in [1.29, 1.82) is 0 Å². The number of halogens is 1. The Kier molecular flexibility index (Phi) is 9.93. The van der Waals surface area contributed by atoms with Gasteiger partial charge in [0.05, 0.1) is 6.54 Å². The molecule has 1 fully saturated rings. The maximum absolute atomic E-state index is 12.2. The Morgan fingerprint density at radius 1 is 1.13 bits per heavy atom. The van der Waals surface area contributed by atoms with E-state index in [-0.39, 0.29) is 29.9 Å². The highest BCUT2D eigenvalue weighted by atomic mass is 127. The van der Waals surface area contributed by atoms with E-state index in [9.17, 15) is 4.79 Å². The van der Waals surface area contributed by atoms with Gasteiger partial charge in [0, 0.05) is 43.5 Å². The van der Waals surface area contributed by atoms with Gasteiger partial charge in [0.15, 0.2) is 5.96 Å². The molecule has 1 unspecified atom stereocenters. The van der Waals surface area contributed by atoms with E-state index < -0.39 is 0 Å². The summed E-state index contributed by atoms with van der Waals surface area (Å²) in [5.74, 6) is 0.744. The summed E-state index contributed by atoms with van der Waals surface area (Å²) in [6.07, 6.45) is 1.07. The molecule has 1 saturated heterocycles. The number of anilines is 1. The lowest BCUT2D eigenvalue weighted by Gasteiger charge is -2.20. The lowest BCUT2D eigenvalue weighted by atomic mass is 10.1. The molecule has 7 heteroatoms. The number of hydrogen-bond donors (Lipinski definition) is 3. The number of carbonyl (C=O) groups is 1. The average molecular weight is 521 g/mol. The van der Waals surface area contributed by atoms with Crippen LogP contribution >= 0.6 is 24.0 Å². The average Bonchev–Trinajstić information content (AvgIpc) is 3.20. The number of aryl methyl sites for hydroxylation is 1. The fourth-order valence-corrected chi connectivity index (χ4v) is 3.49. The van der Waals surface area contributed by atoms with Gasteiger partial charge in [-0.2, -0.15) is 0 Å². The van der Waals surface area contributed by atoms with Crippen molar-refractivity contribution < 1.29 is 4.79 Å². The fourth-order valence-electron chi connectivity index (χ4n) is 3.49. The van der Waals surface area contributed by atoms with Crippen molar-refractivity contribution in [2.75, 3.05) is 37.6 Å². The van der Waals surface area contributed by atoms with E-state index in [0.717, 1.165) is 37.6 Å². The maximum atomic E-state index is 12.2. The number of carbonyl (C=O) groups excluding carboxylic acids is 1. The molecule has 30 heavy (non-hydrogen) atoms. The van der Waals surface area contributed by atoms with Gasteiger partial charge >= 0.3 is 0 Å². The van der Waals surface area contributed by atoms with Crippen molar-refractivity contribution in [3.63, 3.8) is 0 Å². The highest BCUT2D eigenvalue weighted by Crippen LogP contribution is 2.19. The summed E-state index contributed by atoms with van der Waals surface area (Å²) >= 11 is 0. The van der Waals surface area contributed by atoms with E-state index in [0.29, 0.717) is 24.7 Å². The second-order valence-corrected chi connectivity index (χ2v) is 7.30. The Labute approximate surface area is 196 Å². The van der Waals surface area contributed by atoms with Crippen LogP contribution in [0.15, 0.2) is 59.6 Å². The van der Waals surface area contributed by atoms with Gasteiger partial charge in [-0.1, -0.05) is 35.9 Å². The van der Waals surface area contributed by atoms with Crippen LogP contribution in [-0.2, 0) is 0 Å². The van der Waals surface area contributed by atoms with Crippen LogP contribution in [0.3, 0.4) is 0 Å². The minimum atomic E-state index is -0.0591. The summed E-state index contributed by atoms with van der Waals surface area (Å²) < 4.78 is 0. The smallest absolute Gasteiger partial charge is 0.251 e. The van der Waals surface area contributed by atoms with Gasteiger partial charge in [-0.25, -0.2) is 0 Å². The largest absolute Gasteiger partial charge is 0.369 e. The van der Waals surface area contributed by atoms with Crippen LogP contribution < -0.4 is 20.9 Å². The van der Waals surface area contributed by atoms with Crippen molar-refractivity contribution in [3.8, 4) is 0 Å². The fraction of sp³-hybridized carbons (Fsp3) is 0.391. The van der Waals surface area contributed by atoms with Crippen LogP contribution in [0.1, 0.15) is 29.3 Å². The molecule has 1 aliphatic rings. The Hall–Kier alpha value is -2.29. The van der Waals surface area contributed by atoms with E-state index in [1.165, 1.54) is 5.69 Å². The van der Waals surface area contributed by atoms with Crippen LogP contribution in [0.5, 0.6) is 0 Å². The zero-order valence-corrected chi connectivity index (χ0v) is 20.1. The van der Waals surface area contributed by atoms with Crippen molar-refractivity contribution in [1.82, 2.24) is 16.0 Å². The molecule has 162 valence electrons. The summed E-state index contributed by atoms with van der Waals surface area (Å²) in [6.45, 7) is 7.87. The molecule has 0 bridgehead atoms. The minimum absolute atomic E-state index is 0. The highest BCUT2D eigenvalue weighted by molar-refractivity contribution is 14.0. The molecule has 1 amide bonds. The van der Waals surface area contributed by atoms with Crippen LogP contribution in [-0.4, -0.2) is 50.6 Å². The second-order valence-electron chi connectivity index (χ2n) is 7.30. The minimum Gasteiger partial charge on any atom is -0.369 e. The third kappa shape index (κ3) is 7.19. The Morgan fingerprint density at radius 2 is 1.93 bits per heavy atom. The number of benzene rings is 2. The summed E-state index contributed by atoms with van der Waals surface area (Å²) in [5, 5.41) is 9.76. The third-order valence-electron chi connectivity index (χ3n) is 4.94. The van der Waals surface area contributed by atoms with E-state index in [1.54, 1.807) is 0 Å². The first-order valence-electron chi connectivity index (χ1n) is 10.4. The first-order valence-corrected chi connectivity index (χ1v) is 10.4. The standard InChI is InChI=1S/C23H31N5O.HI/c1-3-24-23(26-14-13-25-22(29)19-9-7-8-18(2)16-19)27-20-12-15-28(17-20)21-10-5-4-6-11-21;/h4-11,16,20H,3,12-15,17H2,1-2H3,(H,25,29)(H2,24,26,27);1H. The van der Waals surface area contributed by atoms with Gasteiger partial charge in [0.25, 0.3) is 5.91 Å². The summed E-state index contributed by atoms with van der Waals surface area (Å²) in [6, 6.07) is 18.5. The summed E-state index contributed by atoms with van der Waals surface area (Å²) in [4.78, 5) is 19.2. The molecule has 2 aromatic carbocycles. The lowest BCUT2D eigenvalue weighted by Crippen LogP contribution is -2.45. The number of hydrogen-bond acceptors (Lipinski definition) is 3. The van der Waals surface area contributed by atoms with Crippen LogP contribution in [0, 0.1) is 6.92 Å². The monoisotopic (exact) mass is 521 g/mol. The first-order chi connectivity index (χ1) is 14.2. The lowest BCUT2D eigenvalue weighted by molar-refractivity contribution is 0.0954. The topological polar surface area (TPSA) is 68.8 Å². The predicted octanol–water partition coefficient (Wildman–Crippen LogP) is 3.18. The third-order valence-corrected chi connectivity index (χ3v) is 4.94. The molecule has 1 atom stereocenters. The summed E-state index contributed by atoms with van der Waals surface area (Å²) in [7, 11) is 0. The van der Waals surface area contributed by atoms with Gasteiger partial charge in [0.2, 0.25) is 0 Å². The Balaban J connectivity index is 0.00000320. The molecule has 6 nitrogen and oxygen atoms in total. The number of para-hydroxylation sites is 1. The number of nitrogens with one attached hydrogen (secondary N) is 3. The number of nitrogens with zero attached hydrogens (tertiary/aromatic N) is 2. The van der Waals surface area contributed by atoms with E-state index in [2.05, 4.69) is 57.0 Å². The van der Waals surface area contributed by atoms with Crippen molar-refractivity contribution >= 4 is 41.5 Å². The summed E-state index contributed by atoms with van der Waals surface area (Å²) in [5.41, 5.74) is 3.03. The number of rotatable bonds is 7.